The molecule has 0 aromatic heterocycles. The molecule has 2 aromatic carbocycles. The summed E-state index contributed by atoms with van der Waals surface area (Å²) in [6.45, 7) is 2.07. The normalized spacial score (nSPS) is 10.4. The molecule has 18 heavy (non-hydrogen) atoms. The maximum Gasteiger partial charge on any atom is 0.143 e. The van der Waals surface area contributed by atoms with Crippen LogP contribution in [0.4, 0.5) is 21.5 Å². The molecule has 3 N–H and O–H groups in total. The van der Waals surface area contributed by atoms with Gasteiger partial charge in [0.1, 0.15) is 5.82 Å². The first-order chi connectivity index (χ1) is 8.61. The van der Waals surface area contributed by atoms with Crippen molar-refractivity contribution in [2.45, 2.75) is 13.3 Å². The third-order valence-electron chi connectivity index (χ3n) is 2.76. The lowest BCUT2D eigenvalue weighted by Crippen LogP contribution is -1.99. The lowest BCUT2D eigenvalue weighted by atomic mass is 10.1. The smallest absolute Gasteiger partial charge is 0.143 e. The van der Waals surface area contributed by atoms with Crippen LogP contribution in [0.1, 0.15) is 12.5 Å². The van der Waals surface area contributed by atoms with E-state index in [1.54, 1.807) is 0 Å². The molecule has 0 saturated heterocycles. The molecule has 0 aliphatic rings. The van der Waals surface area contributed by atoms with E-state index in [-0.39, 0.29) is 5.02 Å². The quantitative estimate of drug-likeness (QED) is 0.808. The summed E-state index contributed by atoms with van der Waals surface area (Å²) in [7, 11) is 0. The maximum absolute atomic E-state index is 13.2. The number of benzene rings is 2. The highest BCUT2D eigenvalue weighted by Crippen LogP contribution is 2.30. The van der Waals surface area contributed by atoms with Crippen LogP contribution in [0, 0.1) is 5.82 Å². The predicted molar refractivity (Wildman–Crippen MR) is 74.9 cm³/mol. The zero-order chi connectivity index (χ0) is 13.1. The fraction of sp³-hybridized carbons (Fsp3) is 0.143. The van der Waals surface area contributed by atoms with E-state index in [1.165, 1.54) is 12.1 Å². The number of nitrogen functional groups attached to an aromatic ring is 1. The van der Waals surface area contributed by atoms with E-state index in [2.05, 4.69) is 12.2 Å². The molecule has 0 heterocycles. The Balaban J connectivity index is 2.37. The molecule has 0 bridgehead atoms. The zero-order valence-corrected chi connectivity index (χ0v) is 10.8. The second-order valence-electron chi connectivity index (χ2n) is 3.99. The average Bonchev–Trinajstić information content (AvgIpc) is 2.36. The van der Waals surface area contributed by atoms with Gasteiger partial charge in [-0.1, -0.05) is 36.7 Å². The molecule has 0 atom stereocenters. The SMILES string of the molecule is CCc1ccccc1Nc1cc(Cl)c(F)cc1N. The first-order valence-electron chi connectivity index (χ1n) is 5.71. The molecule has 94 valence electrons. The Morgan fingerprint density at radius 1 is 1.22 bits per heavy atom. The fourth-order valence-corrected chi connectivity index (χ4v) is 1.93. The molecule has 0 fully saturated rings. The number of rotatable bonds is 3. The number of anilines is 3. The second-order valence-corrected chi connectivity index (χ2v) is 4.40. The molecule has 0 aliphatic heterocycles. The molecular weight excluding hydrogens is 251 g/mol. The first kappa shape index (κ1) is 12.7. The van der Waals surface area contributed by atoms with Crippen LogP contribution in [0.15, 0.2) is 36.4 Å². The molecule has 2 aromatic rings. The lowest BCUT2D eigenvalue weighted by molar-refractivity contribution is 0.629. The summed E-state index contributed by atoms with van der Waals surface area (Å²) in [5.41, 5.74) is 8.84. The summed E-state index contributed by atoms with van der Waals surface area (Å²) < 4.78 is 13.2. The molecular formula is C14H14ClFN2. The molecule has 0 amide bonds. The molecule has 0 aliphatic carbocycles. The van der Waals surface area contributed by atoms with Crippen LogP contribution in [-0.2, 0) is 6.42 Å². The molecule has 0 spiro atoms. The van der Waals surface area contributed by atoms with E-state index >= 15 is 0 Å². The number of para-hydroxylation sites is 1. The van der Waals surface area contributed by atoms with Gasteiger partial charge in [-0.3, -0.25) is 0 Å². The molecule has 2 nitrogen and oxygen atoms in total. The van der Waals surface area contributed by atoms with Gasteiger partial charge >= 0.3 is 0 Å². The number of nitrogens with one attached hydrogen (secondary N) is 1. The van der Waals surface area contributed by atoms with E-state index in [9.17, 15) is 4.39 Å². The van der Waals surface area contributed by atoms with Gasteiger partial charge in [0.2, 0.25) is 0 Å². The van der Waals surface area contributed by atoms with E-state index < -0.39 is 5.82 Å². The molecule has 0 saturated carbocycles. The van der Waals surface area contributed by atoms with Crippen LogP contribution < -0.4 is 11.1 Å². The van der Waals surface area contributed by atoms with Crippen LogP contribution in [-0.4, -0.2) is 0 Å². The highest BCUT2D eigenvalue weighted by Gasteiger charge is 2.07. The summed E-state index contributed by atoms with van der Waals surface area (Å²) in [6.07, 6.45) is 0.901. The van der Waals surface area contributed by atoms with Crippen molar-refractivity contribution >= 4 is 28.7 Å². The Kier molecular flexibility index (Phi) is 3.72. The van der Waals surface area contributed by atoms with Crippen LogP contribution in [0.25, 0.3) is 0 Å². The third kappa shape index (κ3) is 2.57. The molecule has 2 rings (SSSR count). The largest absolute Gasteiger partial charge is 0.397 e. The standard InChI is InChI=1S/C14H14ClFN2/c1-2-9-5-3-4-6-13(9)18-14-7-10(15)11(16)8-12(14)17/h3-8,18H,2,17H2,1H3. The van der Waals surface area contributed by atoms with E-state index in [1.807, 2.05) is 24.3 Å². The third-order valence-corrected chi connectivity index (χ3v) is 3.05. The zero-order valence-electron chi connectivity index (χ0n) is 10.0. The highest BCUT2D eigenvalue weighted by molar-refractivity contribution is 6.31. The second kappa shape index (κ2) is 5.27. The summed E-state index contributed by atoms with van der Waals surface area (Å²) >= 11 is 5.76. The highest BCUT2D eigenvalue weighted by atomic mass is 35.5. The van der Waals surface area contributed by atoms with Crippen molar-refractivity contribution in [2.75, 3.05) is 11.1 Å². The van der Waals surface area contributed by atoms with Gasteiger partial charge < -0.3 is 11.1 Å². The topological polar surface area (TPSA) is 38.0 Å². The van der Waals surface area contributed by atoms with Gasteiger partial charge in [-0.05, 0) is 24.1 Å². The van der Waals surface area contributed by atoms with Crippen LogP contribution in [0.3, 0.4) is 0 Å². The number of halogens is 2. The van der Waals surface area contributed by atoms with Crippen molar-refractivity contribution in [1.82, 2.24) is 0 Å². The van der Waals surface area contributed by atoms with Crippen molar-refractivity contribution in [1.29, 1.82) is 0 Å². The van der Waals surface area contributed by atoms with Crippen molar-refractivity contribution in [3.63, 3.8) is 0 Å². The van der Waals surface area contributed by atoms with Gasteiger partial charge in [-0.2, -0.15) is 0 Å². The predicted octanol–water partition coefficient (Wildman–Crippen LogP) is 4.37. The Morgan fingerprint density at radius 2 is 1.94 bits per heavy atom. The van der Waals surface area contributed by atoms with Crippen LogP contribution in [0.5, 0.6) is 0 Å². The minimum Gasteiger partial charge on any atom is -0.397 e. The number of aryl methyl sites for hydroxylation is 1. The van der Waals surface area contributed by atoms with Crippen molar-refractivity contribution in [2.24, 2.45) is 0 Å². The minimum atomic E-state index is -0.511. The Morgan fingerprint density at radius 3 is 2.67 bits per heavy atom. The molecule has 0 radical (unpaired) electrons. The Hall–Kier alpha value is -1.74. The monoisotopic (exact) mass is 264 g/mol. The number of hydrogen-bond donors (Lipinski definition) is 2. The van der Waals surface area contributed by atoms with Gasteiger partial charge in [-0.25, -0.2) is 4.39 Å². The van der Waals surface area contributed by atoms with Gasteiger partial charge in [0, 0.05) is 11.8 Å². The van der Waals surface area contributed by atoms with Crippen molar-refractivity contribution in [3.05, 3.63) is 52.8 Å². The fourth-order valence-electron chi connectivity index (χ4n) is 1.77. The van der Waals surface area contributed by atoms with E-state index in [4.69, 9.17) is 17.3 Å². The Bertz CT molecular complexity index is 570. The number of hydrogen-bond acceptors (Lipinski definition) is 2. The van der Waals surface area contributed by atoms with Crippen LogP contribution in [0.2, 0.25) is 5.02 Å². The van der Waals surface area contributed by atoms with Crippen molar-refractivity contribution in [3.8, 4) is 0 Å². The van der Waals surface area contributed by atoms with Crippen LogP contribution >= 0.6 is 11.6 Å². The van der Waals surface area contributed by atoms with Gasteiger partial charge in [0.25, 0.3) is 0 Å². The van der Waals surface area contributed by atoms with E-state index in [0.29, 0.717) is 11.4 Å². The maximum atomic E-state index is 13.2. The molecule has 4 heteroatoms. The Labute approximate surface area is 111 Å². The minimum absolute atomic E-state index is 0.0562. The average molecular weight is 265 g/mol. The first-order valence-corrected chi connectivity index (χ1v) is 6.09. The summed E-state index contributed by atoms with van der Waals surface area (Å²) in [4.78, 5) is 0. The molecule has 0 unspecified atom stereocenters. The number of nitrogens with two attached hydrogens (primary N) is 1. The van der Waals surface area contributed by atoms with Gasteiger partial charge in [0.05, 0.1) is 16.4 Å². The van der Waals surface area contributed by atoms with Gasteiger partial charge in [0.15, 0.2) is 0 Å². The lowest BCUT2D eigenvalue weighted by Gasteiger charge is -2.13. The van der Waals surface area contributed by atoms with Gasteiger partial charge in [-0.15, -0.1) is 0 Å². The summed E-state index contributed by atoms with van der Waals surface area (Å²) in [5, 5.41) is 3.24. The van der Waals surface area contributed by atoms with E-state index in [0.717, 1.165) is 17.7 Å². The van der Waals surface area contributed by atoms with Crippen molar-refractivity contribution < 1.29 is 4.39 Å². The summed E-state index contributed by atoms with van der Waals surface area (Å²) in [5.74, 6) is -0.511. The summed E-state index contributed by atoms with van der Waals surface area (Å²) in [6, 6.07) is 10.6.